The summed E-state index contributed by atoms with van der Waals surface area (Å²) in [6, 6.07) is 18.6. The van der Waals surface area contributed by atoms with Crippen molar-refractivity contribution in [2.75, 3.05) is 26.3 Å². The van der Waals surface area contributed by atoms with Crippen molar-refractivity contribution in [3.8, 4) is 5.75 Å². The number of hydrogen-bond acceptors (Lipinski definition) is 4. The molecule has 3 aromatic rings. The molecule has 0 N–H and O–H groups in total. The van der Waals surface area contributed by atoms with E-state index in [1.165, 1.54) is 0 Å². The zero-order valence-electron chi connectivity index (χ0n) is 21.4. The molecule has 0 unspecified atom stereocenters. The van der Waals surface area contributed by atoms with Gasteiger partial charge in [-0.3, -0.25) is 9.29 Å². The minimum Gasteiger partial charge on any atom is -0.489 e. The van der Waals surface area contributed by atoms with Gasteiger partial charge in [0.15, 0.2) is 0 Å². The molecule has 1 atom stereocenters. The van der Waals surface area contributed by atoms with Gasteiger partial charge in [-0.15, -0.1) is 0 Å². The molecule has 1 aliphatic heterocycles. The van der Waals surface area contributed by atoms with Crippen LogP contribution in [0.1, 0.15) is 58.3 Å². The summed E-state index contributed by atoms with van der Waals surface area (Å²) in [6.07, 6.45) is 3.82. The number of alkyl halides is 1. The number of ether oxygens (including phenoxy) is 1. The minimum atomic E-state index is -1.01. The summed E-state index contributed by atoms with van der Waals surface area (Å²) >= 11 is 12.9. The highest BCUT2D eigenvalue weighted by Gasteiger charge is 2.25. The summed E-state index contributed by atoms with van der Waals surface area (Å²) < 4.78 is 31.4. The molecule has 0 saturated carbocycles. The summed E-state index contributed by atoms with van der Waals surface area (Å²) in [7, 11) is 0. The molecule has 4 nitrogen and oxygen atoms in total. The van der Waals surface area contributed by atoms with E-state index in [9.17, 15) is 13.7 Å². The normalized spacial score (nSPS) is 17.6. The van der Waals surface area contributed by atoms with Gasteiger partial charge in [0.2, 0.25) is 0 Å². The average Bonchev–Trinajstić information content (AvgIpc) is 3.30. The standard InChI is InChI=1S/C31H29Cl2F2NO3/c32-23-8-12-27(29(33)18-23)28-4-1-3-21-17-22(31(37)39-35)7-11-26(21)30(28)20-5-9-24(10-6-20)38-25-13-16-36(19-25)15-2-14-34/h5-12,17-18,25H,1-4,13-16,19H2/t25-/m0/s1. The Morgan fingerprint density at radius 1 is 1.00 bits per heavy atom. The third-order valence-corrected chi connectivity index (χ3v) is 7.94. The fourth-order valence-corrected chi connectivity index (χ4v) is 6.09. The Balaban J connectivity index is 1.51. The summed E-state index contributed by atoms with van der Waals surface area (Å²) in [4.78, 5) is 17.6. The van der Waals surface area contributed by atoms with Gasteiger partial charge in [-0.2, -0.15) is 0 Å². The monoisotopic (exact) mass is 571 g/mol. The molecule has 5 rings (SSSR count). The molecular formula is C31H29Cl2F2NO3. The summed E-state index contributed by atoms with van der Waals surface area (Å²) in [5.41, 5.74) is 6.01. The van der Waals surface area contributed by atoms with Gasteiger partial charge in [0.25, 0.3) is 0 Å². The second-order valence-electron chi connectivity index (χ2n) is 9.96. The Morgan fingerprint density at radius 3 is 2.54 bits per heavy atom. The van der Waals surface area contributed by atoms with Crippen LogP contribution in [0.3, 0.4) is 0 Å². The van der Waals surface area contributed by atoms with E-state index in [0.29, 0.717) is 22.9 Å². The van der Waals surface area contributed by atoms with Crippen molar-refractivity contribution in [3.05, 3.63) is 98.5 Å². The molecule has 8 heteroatoms. The molecule has 39 heavy (non-hydrogen) atoms. The van der Waals surface area contributed by atoms with Crippen LogP contribution in [0.4, 0.5) is 8.92 Å². The average molecular weight is 572 g/mol. The Kier molecular flexibility index (Phi) is 8.85. The van der Waals surface area contributed by atoms with Crippen LogP contribution in [-0.4, -0.2) is 43.3 Å². The van der Waals surface area contributed by atoms with Gasteiger partial charge in [0.05, 0.1) is 12.2 Å². The van der Waals surface area contributed by atoms with Crippen LogP contribution in [-0.2, 0) is 11.4 Å². The van der Waals surface area contributed by atoms with E-state index in [0.717, 1.165) is 78.0 Å². The third-order valence-electron chi connectivity index (χ3n) is 7.39. The molecule has 0 spiro atoms. The maximum absolute atomic E-state index is 12.6. The lowest BCUT2D eigenvalue weighted by Crippen LogP contribution is -2.26. The predicted octanol–water partition coefficient (Wildman–Crippen LogP) is 8.14. The van der Waals surface area contributed by atoms with Crippen molar-refractivity contribution in [1.29, 1.82) is 0 Å². The van der Waals surface area contributed by atoms with Crippen LogP contribution < -0.4 is 4.74 Å². The van der Waals surface area contributed by atoms with Crippen LogP contribution in [0.15, 0.2) is 60.7 Å². The lowest BCUT2D eigenvalue weighted by Gasteiger charge is -2.19. The number of likely N-dealkylation sites (tertiary alicyclic amines) is 1. The molecule has 3 aromatic carbocycles. The van der Waals surface area contributed by atoms with Crippen LogP contribution in [0.25, 0.3) is 11.1 Å². The number of rotatable bonds is 8. The molecule has 0 aromatic heterocycles. The maximum atomic E-state index is 12.6. The summed E-state index contributed by atoms with van der Waals surface area (Å²) in [6.45, 7) is 2.16. The molecule has 1 heterocycles. The van der Waals surface area contributed by atoms with Crippen LogP contribution in [0.2, 0.25) is 10.0 Å². The number of hydrogen-bond donors (Lipinski definition) is 0. The first-order valence-electron chi connectivity index (χ1n) is 13.2. The van der Waals surface area contributed by atoms with Crippen LogP contribution in [0.5, 0.6) is 5.75 Å². The summed E-state index contributed by atoms with van der Waals surface area (Å²) in [5, 5.41) is 1.13. The zero-order chi connectivity index (χ0) is 27.4. The first-order chi connectivity index (χ1) is 19.0. The topological polar surface area (TPSA) is 38.8 Å². The largest absolute Gasteiger partial charge is 0.489 e. The highest BCUT2D eigenvalue weighted by atomic mass is 35.5. The number of nitrogens with zero attached hydrogens (tertiary/aromatic N) is 1. The highest BCUT2D eigenvalue weighted by Crippen LogP contribution is 2.42. The molecule has 0 radical (unpaired) electrons. The van der Waals surface area contributed by atoms with E-state index in [4.69, 9.17) is 27.9 Å². The van der Waals surface area contributed by atoms with E-state index >= 15 is 0 Å². The molecular weight excluding hydrogens is 543 g/mol. The van der Waals surface area contributed by atoms with Gasteiger partial charge in [0.1, 0.15) is 11.9 Å². The number of carbonyl (C=O) groups excluding carboxylic acids is 1. The fraction of sp³-hybridized carbons (Fsp3) is 0.323. The van der Waals surface area contributed by atoms with Gasteiger partial charge in [-0.25, -0.2) is 9.74 Å². The van der Waals surface area contributed by atoms with Gasteiger partial charge in [-0.1, -0.05) is 47.5 Å². The number of aryl methyl sites for hydroxylation is 1. The Labute approximate surface area is 237 Å². The first-order valence-corrected chi connectivity index (χ1v) is 13.9. The van der Waals surface area contributed by atoms with E-state index in [-0.39, 0.29) is 18.3 Å². The number of benzene rings is 3. The highest BCUT2D eigenvalue weighted by molar-refractivity contribution is 6.36. The van der Waals surface area contributed by atoms with Gasteiger partial charge >= 0.3 is 5.97 Å². The molecule has 1 saturated heterocycles. The van der Waals surface area contributed by atoms with Crippen molar-refractivity contribution >= 4 is 40.3 Å². The van der Waals surface area contributed by atoms with E-state index in [2.05, 4.69) is 9.84 Å². The minimum absolute atomic E-state index is 0.0744. The van der Waals surface area contributed by atoms with Gasteiger partial charge in [-0.05, 0) is 102 Å². The van der Waals surface area contributed by atoms with Crippen molar-refractivity contribution in [1.82, 2.24) is 4.90 Å². The number of halogens is 4. The molecule has 204 valence electrons. The Hall–Kier alpha value is -2.93. The van der Waals surface area contributed by atoms with Crippen molar-refractivity contribution in [2.24, 2.45) is 0 Å². The van der Waals surface area contributed by atoms with Gasteiger partial charge < -0.3 is 4.74 Å². The number of fused-ring (bicyclic) bond motifs is 1. The second-order valence-corrected chi connectivity index (χ2v) is 10.8. The predicted molar refractivity (Wildman–Crippen MR) is 151 cm³/mol. The van der Waals surface area contributed by atoms with Gasteiger partial charge in [0, 0.05) is 34.2 Å². The zero-order valence-corrected chi connectivity index (χ0v) is 22.9. The first kappa shape index (κ1) is 27.6. The van der Waals surface area contributed by atoms with Crippen molar-refractivity contribution < 1.29 is 23.4 Å². The third kappa shape index (κ3) is 6.29. The molecule has 1 aliphatic carbocycles. The van der Waals surface area contributed by atoms with E-state index in [1.807, 2.05) is 42.5 Å². The Morgan fingerprint density at radius 2 is 1.79 bits per heavy atom. The van der Waals surface area contributed by atoms with E-state index < -0.39 is 5.97 Å². The number of carbonyl (C=O) groups is 1. The lowest BCUT2D eigenvalue weighted by molar-refractivity contribution is -0.0788. The second kappa shape index (κ2) is 12.5. The SMILES string of the molecule is O=C(OF)c1ccc2c(c1)CCCC(c1ccc(Cl)cc1Cl)=C2c1ccc(O[C@H]2CCN(CCCF)C2)cc1. The molecule has 1 fully saturated rings. The number of allylic oxidation sites excluding steroid dienone is 1. The molecule has 2 aliphatic rings. The molecule has 0 bridgehead atoms. The quantitative estimate of drug-likeness (QED) is 0.273. The van der Waals surface area contributed by atoms with Crippen LogP contribution >= 0.6 is 23.2 Å². The molecule has 0 amide bonds. The maximum Gasteiger partial charge on any atom is 0.379 e. The van der Waals surface area contributed by atoms with Crippen molar-refractivity contribution in [2.45, 2.75) is 38.2 Å². The van der Waals surface area contributed by atoms with Crippen LogP contribution in [0, 0.1) is 0 Å². The lowest BCUT2D eigenvalue weighted by atomic mass is 9.87. The smallest absolute Gasteiger partial charge is 0.379 e. The Bertz CT molecular complexity index is 1380. The fourth-order valence-electron chi connectivity index (χ4n) is 5.56. The van der Waals surface area contributed by atoms with E-state index in [1.54, 1.807) is 18.2 Å². The van der Waals surface area contributed by atoms with Crippen molar-refractivity contribution in [3.63, 3.8) is 0 Å². The summed E-state index contributed by atoms with van der Waals surface area (Å²) in [5.74, 6) is -0.233.